The van der Waals surface area contributed by atoms with Crippen LogP contribution in [0.4, 0.5) is 0 Å². The van der Waals surface area contributed by atoms with Crippen LogP contribution >= 0.6 is 0 Å². The fourth-order valence-corrected chi connectivity index (χ4v) is 3.17. The van der Waals surface area contributed by atoms with E-state index in [1.807, 2.05) is 13.8 Å². The zero-order chi connectivity index (χ0) is 28.5. The molecule has 0 heterocycles. The van der Waals surface area contributed by atoms with Gasteiger partial charge in [-0.1, -0.05) is 13.8 Å². The Labute approximate surface area is 215 Å². The number of aliphatic hydroxyl groups excluding tert-OH is 1. The molecule has 4 unspecified atom stereocenters. The van der Waals surface area contributed by atoms with E-state index in [0.717, 1.165) is 0 Å². The minimum atomic E-state index is -1.48. The van der Waals surface area contributed by atoms with Gasteiger partial charge in [-0.25, -0.2) is 4.79 Å². The summed E-state index contributed by atoms with van der Waals surface area (Å²) in [7, 11) is 0. The van der Waals surface area contributed by atoms with Crippen LogP contribution in [0.5, 0.6) is 0 Å². The first-order valence-corrected chi connectivity index (χ1v) is 11.9. The molecule has 4 atom stereocenters. The highest BCUT2D eigenvalue weighted by molar-refractivity contribution is 5.94. The molecule has 3 amide bonds. The summed E-state index contributed by atoms with van der Waals surface area (Å²) in [6.45, 7) is 3.30. The van der Waals surface area contributed by atoms with Crippen LogP contribution in [0.25, 0.3) is 0 Å². The normalized spacial score (nSPS) is 14.0. The Morgan fingerprint density at radius 1 is 0.757 bits per heavy atom. The summed E-state index contributed by atoms with van der Waals surface area (Å²) in [4.78, 5) is 57.1. The second-order valence-corrected chi connectivity index (χ2v) is 8.84. The standard InChI is InChI=1S/C21H42N10O6/c1-11(2)9-12(22)16(33)29-13(5-3-7-27-20(23)24)17(34)31-15(10-32)18(35)30-14(19(36)37)6-4-8-28-21(25)26/h11-15,32H,3-10,22H2,1-2H3,(H,29,33)(H,30,35)(H,31,34)(H,36,37)(H4,23,24,27)(H4,25,26,28). The molecular formula is C21H42N10O6. The third-order valence-corrected chi connectivity index (χ3v) is 5.02. The number of guanidine groups is 2. The maximum absolute atomic E-state index is 12.9. The highest BCUT2D eigenvalue weighted by atomic mass is 16.4. The number of nitrogens with one attached hydrogen (secondary N) is 3. The Morgan fingerprint density at radius 3 is 1.62 bits per heavy atom. The number of amides is 3. The molecule has 0 aromatic heterocycles. The lowest BCUT2D eigenvalue weighted by Gasteiger charge is -2.24. The quantitative estimate of drug-likeness (QED) is 0.0462. The molecule has 16 heteroatoms. The molecule has 0 bridgehead atoms. The molecule has 0 aliphatic heterocycles. The zero-order valence-corrected chi connectivity index (χ0v) is 21.4. The molecule has 37 heavy (non-hydrogen) atoms. The molecular weight excluding hydrogens is 488 g/mol. The van der Waals surface area contributed by atoms with Gasteiger partial charge in [0, 0.05) is 13.1 Å². The summed E-state index contributed by atoms with van der Waals surface area (Å²) >= 11 is 0. The van der Waals surface area contributed by atoms with E-state index in [4.69, 9.17) is 28.7 Å². The Bertz CT molecular complexity index is 812. The fourth-order valence-electron chi connectivity index (χ4n) is 3.17. The second kappa shape index (κ2) is 17.7. The first-order valence-electron chi connectivity index (χ1n) is 11.9. The van der Waals surface area contributed by atoms with Crippen molar-refractivity contribution in [3.63, 3.8) is 0 Å². The number of rotatable bonds is 18. The molecule has 0 radical (unpaired) electrons. The van der Waals surface area contributed by atoms with E-state index in [9.17, 15) is 29.4 Å². The Balaban J connectivity index is 5.33. The second-order valence-electron chi connectivity index (χ2n) is 8.84. The van der Waals surface area contributed by atoms with Crippen molar-refractivity contribution < 1.29 is 29.4 Å². The number of carboxylic acid groups (broad SMARTS) is 1. The van der Waals surface area contributed by atoms with E-state index in [-0.39, 0.29) is 50.2 Å². The summed E-state index contributed by atoms with van der Waals surface area (Å²) < 4.78 is 0. The fraction of sp³-hybridized carbons (Fsp3) is 0.714. The minimum absolute atomic E-state index is 0.00115. The van der Waals surface area contributed by atoms with Gasteiger partial charge in [-0.05, 0) is 38.0 Å². The summed E-state index contributed by atoms with van der Waals surface area (Å²) in [5.74, 6) is -3.72. The third-order valence-electron chi connectivity index (χ3n) is 5.02. The van der Waals surface area contributed by atoms with Gasteiger partial charge in [0.15, 0.2) is 11.9 Å². The van der Waals surface area contributed by atoms with Gasteiger partial charge in [0.05, 0.1) is 12.6 Å². The lowest BCUT2D eigenvalue weighted by atomic mass is 10.0. The summed E-state index contributed by atoms with van der Waals surface area (Å²) in [5.41, 5.74) is 26.9. The van der Waals surface area contributed by atoms with Gasteiger partial charge in [-0.2, -0.15) is 0 Å². The summed E-state index contributed by atoms with van der Waals surface area (Å²) in [6.07, 6.45) is 1.05. The van der Waals surface area contributed by atoms with Crippen molar-refractivity contribution in [2.75, 3.05) is 19.7 Å². The van der Waals surface area contributed by atoms with Crippen LogP contribution in [0.15, 0.2) is 9.98 Å². The van der Waals surface area contributed by atoms with Crippen molar-refractivity contribution in [2.24, 2.45) is 44.6 Å². The number of carbonyl (C=O) groups excluding carboxylic acids is 3. The highest BCUT2D eigenvalue weighted by Gasteiger charge is 2.30. The van der Waals surface area contributed by atoms with Crippen molar-refractivity contribution >= 4 is 35.6 Å². The van der Waals surface area contributed by atoms with Gasteiger partial charge >= 0.3 is 5.97 Å². The van der Waals surface area contributed by atoms with Crippen LogP contribution in [-0.4, -0.2) is 89.7 Å². The van der Waals surface area contributed by atoms with Crippen molar-refractivity contribution in [2.45, 2.75) is 70.1 Å². The van der Waals surface area contributed by atoms with Gasteiger partial charge in [-0.15, -0.1) is 0 Å². The average Bonchev–Trinajstić information content (AvgIpc) is 2.79. The van der Waals surface area contributed by atoms with Gasteiger partial charge in [0.2, 0.25) is 17.7 Å². The summed E-state index contributed by atoms with van der Waals surface area (Å²) in [6, 6.07) is -4.76. The van der Waals surface area contributed by atoms with E-state index >= 15 is 0 Å². The smallest absolute Gasteiger partial charge is 0.326 e. The van der Waals surface area contributed by atoms with Crippen LogP contribution in [0.1, 0.15) is 46.0 Å². The molecule has 0 aromatic carbocycles. The molecule has 212 valence electrons. The van der Waals surface area contributed by atoms with Crippen LogP contribution in [0.2, 0.25) is 0 Å². The predicted molar refractivity (Wildman–Crippen MR) is 138 cm³/mol. The van der Waals surface area contributed by atoms with E-state index in [2.05, 4.69) is 25.9 Å². The van der Waals surface area contributed by atoms with Crippen molar-refractivity contribution in [1.82, 2.24) is 16.0 Å². The SMILES string of the molecule is CC(C)CC(N)C(=O)NC(CCCN=C(N)N)C(=O)NC(CO)C(=O)NC(CCCN=C(N)N)C(=O)O. The van der Waals surface area contributed by atoms with E-state index in [1.165, 1.54) is 0 Å². The van der Waals surface area contributed by atoms with Crippen molar-refractivity contribution in [3.05, 3.63) is 0 Å². The number of carbonyl (C=O) groups is 4. The summed E-state index contributed by atoms with van der Waals surface area (Å²) in [5, 5.41) is 26.2. The number of aliphatic carboxylic acids is 1. The molecule has 15 N–H and O–H groups in total. The molecule has 0 aliphatic rings. The maximum atomic E-state index is 12.9. The Hall–Kier alpha value is -3.66. The molecule has 0 aromatic rings. The van der Waals surface area contributed by atoms with Crippen LogP contribution in [0, 0.1) is 5.92 Å². The lowest BCUT2D eigenvalue weighted by Crippen LogP contribution is -2.58. The number of nitrogens with two attached hydrogens (primary N) is 5. The first kappa shape index (κ1) is 33.3. The van der Waals surface area contributed by atoms with Crippen molar-refractivity contribution in [1.29, 1.82) is 0 Å². The average molecular weight is 531 g/mol. The predicted octanol–water partition coefficient (Wildman–Crippen LogP) is -4.00. The van der Waals surface area contributed by atoms with Crippen LogP contribution < -0.4 is 44.6 Å². The zero-order valence-electron chi connectivity index (χ0n) is 21.4. The number of nitrogens with zero attached hydrogens (tertiary/aromatic N) is 2. The van der Waals surface area contributed by atoms with Crippen LogP contribution in [0.3, 0.4) is 0 Å². The minimum Gasteiger partial charge on any atom is -0.480 e. The van der Waals surface area contributed by atoms with Gasteiger partial charge in [-0.3, -0.25) is 24.4 Å². The number of hydrogen-bond acceptors (Lipinski definition) is 8. The topological polar surface area (TPSA) is 300 Å². The Kier molecular flexibility index (Phi) is 16.0. The lowest BCUT2D eigenvalue weighted by molar-refractivity contribution is -0.142. The van der Waals surface area contributed by atoms with Gasteiger partial charge < -0.3 is 54.8 Å². The molecule has 0 saturated carbocycles. The van der Waals surface area contributed by atoms with E-state index in [1.54, 1.807) is 0 Å². The maximum Gasteiger partial charge on any atom is 0.326 e. The molecule has 0 rings (SSSR count). The molecule has 0 aliphatic carbocycles. The molecule has 0 fully saturated rings. The number of aliphatic hydroxyl groups is 1. The van der Waals surface area contributed by atoms with Crippen LogP contribution in [-0.2, 0) is 19.2 Å². The van der Waals surface area contributed by atoms with Gasteiger partial charge in [0.25, 0.3) is 0 Å². The largest absolute Gasteiger partial charge is 0.480 e. The highest BCUT2D eigenvalue weighted by Crippen LogP contribution is 2.06. The first-order chi connectivity index (χ1) is 17.3. The van der Waals surface area contributed by atoms with E-state index in [0.29, 0.717) is 12.8 Å². The number of hydrogen-bond donors (Lipinski definition) is 10. The van der Waals surface area contributed by atoms with E-state index < -0.39 is 54.5 Å². The van der Waals surface area contributed by atoms with Crippen molar-refractivity contribution in [3.8, 4) is 0 Å². The monoisotopic (exact) mass is 530 g/mol. The Morgan fingerprint density at radius 2 is 1.19 bits per heavy atom. The van der Waals surface area contributed by atoms with Gasteiger partial charge in [0.1, 0.15) is 18.1 Å². The number of aliphatic imine (C=N–C) groups is 2. The molecule has 0 saturated heterocycles. The molecule has 16 nitrogen and oxygen atoms in total. The third kappa shape index (κ3) is 15.1. The number of carboxylic acids is 1. The molecule has 0 spiro atoms.